The molecule has 10 heteroatoms. The molecule has 0 radical (unpaired) electrons. The summed E-state index contributed by atoms with van der Waals surface area (Å²) >= 11 is 1.22. The van der Waals surface area contributed by atoms with Gasteiger partial charge in [0.1, 0.15) is 41.0 Å². The first-order valence-corrected chi connectivity index (χ1v) is 12.1. The van der Waals surface area contributed by atoms with E-state index in [0.29, 0.717) is 5.56 Å². The van der Waals surface area contributed by atoms with Crippen LogP contribution in [0.3, 0.4) is 0 Å². The van der Waals surface area contributed by atoms with Crippen molar-refractivity contribution in [3.63, 3.8) is 0 Å². The standard InChI is InChI=1S/C26H27NO8S/c1-13-15(23(32)20-16(22(13)31)8-5-9-17(20)29)10-11-19(30)27-21-25(34)24(33)18(12-28)35-26(21)36-14-6-3-2-4-7-14/h2-11,18,21,24-26,28-29,31-34H,12H2,1H3,(H,27,30)/b11-10+/t18-,21-,24-,25-,26-/m1/s1. The first kappa shape index (κ1) is 25.8. The number of phenols is 3. The Labute approximate surface area is 211 Å². The van der Waals surface area contributed by atoms with Crippen LogP contribution in [-0.2, 0) is 9.53 Å². The average Bonchev–Trinajstić information content (AvgIpc) is 2.87. The molecule has 0 bridgehead atoms. The van der Waals surface area contributed by atoms with Gasteiger partial charge in [-0.05, 0) is 31.2 Å². The molecule has 36 heavy (non-hydrogen) atoms. The van der Waals surface area contributed by atoms with Crippen LogP contribution in [0.1, 0.15) is 11.1 Å². The molecule has 190 valence electrons. The number of phenolic OH excluding ortho intramolecular Hbond substituents is 3. The van der Waals surface area contributed by atoms with Crippen molar-refractivity contribution >= 4 is 34.5 Å². The Hall–Kier alpha value is -3.28. The van der Waals surface area contributed by atoms with E-state index >= 15 is 0 Å². The summed E-state index contributed by atoms with van der Waals surface area (Å²) in [6, 6.07) is 12.6. The van der Waals surface area contributed by atoms with Crippen LogP contribution in [0.2, 0.25) is 0 Å². The second kappa shape index (κ2) is 10.8. The molecule has 1 heterocycles. The lowest BCUT2D eigenvalue weighted by atomic mass is 9.97. The maximum Gasteiger partial charge on any atom is 0.244 e. The maximum atomic E-state index is 12.8. The first-order chi connectivity index (χ1) is 17.2. The summed E-state index contributed by atoms with van der Waals surface area (Å²) in [6.07, 6.45) is -1.49. The molecule has 0 aromatic heterocycles. The molecule has 0 aliphatic carbocycles. The quantitative estimate of drug-likeness (QED) is 0.193. The van der Waals surface area contributed by atoms with Crippen LogP contribution in [0.4, 0.5) is 0 Å². The number of amides is 1. The third kappa shape index (κ3) is 4.99. The minimum atomic E-state index is -1.43. The second-order valence-electron chi connectivity index (χ2n) is 8.44. The number of hydrogen-bond acceptors (Lipinski definition) is 9. The lowest BCUT2D eigenvalue weighted by Crippen LogP contribution is -2.63. The molecule has 3 aromatic carbocycles. The number of aromatic hydroxyl groups is 3. The van der Waals surface area contributed by atoms with Crippen LogP contribution in [-0.4, -0.2) is 72.9 Å². The van der Waals surface area contributed by atoms with E-state index in [9.17, 15) is 35.4 Å². The number of ether oxygens (including phenoxy) is 1. The van der Waals surface area contributed by atoms with Crippen molar-refractivity contribution in [3.05, 3.63) is 65.7 Å². The summed E-state index contributed by atoms with van der Waals surface area (Å²) in [5.74, 6) is -1.34. The number of aliphatic hydroxyl groups excluding tert-OH is 3. The number of carbonyl (C=O) groups excluding carboxylic acids is 1. The first-order valence-electron chi connectivity index (χ1n) is 11.2. The van der Waals surface area contributed by atoms with Crippen molar-refractivity contribution in [1.29, 1.82) is 0 Å². The van der Waals surface area contributed by atoms with Crippen molar-refractivity contribution in [2.45, 2.75) is 41.6 Å². The number of rotatable bonds is 6. The van der Waals surface area contributed by atoms with E-state index in [1.165, 1.54) is 30.0 Å². The molecule has 1 fully saturated rings. The van der Waals surface area contributed by atoms with Crippen molar-refractivity contribution in [3.8, 4) is 17.2 Å². The Morgan fingerprint density at radius 1 is 1.03 bits per heavy atom. The molecule has 0 unspecified atom stereocenters. The van der Waals surface area contributed by atoms with Crippen LogP contribution in [0.5, 0.6) is 17.2 Å². The third-order valence-electron chi connectivity index (χ3n) is 6.14. The van der Waals surface area contributed by atoms with Crippen molar-refractivity contribution in [1.82, 2.24) is 5.32 Å². The molecular formula is C26H27NO8S. The Morgan fingerprint density at radius 3 is 2.44 bits per heavy atom. The molecule has 1 saturated heterocycles. The highest BCUT2D eigenvalue weighted by molar-refractivity contribution is 7.99. The predicted molar refractivity (Wildman–Crippen MR) is 135 cm³/mol. The summed E-state index contributed by atoms with van der Waals surface area (Å²) in [7, 11) is 0. The van der Waals surface area contributed by atoms with E-state index in [2.05, 4.69) is 5.32 Å². The van der Waals surface area contributed by atoms with Gasteiger partial charge in [0.15, 0.2) is 0 Å². The Morgan fingerprint density at radius 2 is 1.75 bits per heavy atom. The molecule has 0 spiro atoms. The molecule has 0 saturated carbocycles. The summed E-state index contributed by atoms with van der Waals surface area (Å²) in [5.41, 5.74) is -0.390. The van der Waals surface area contributed by atoms with Gasteiger partial charge in [0.25, 0.3) is 0 Å². The topological polar surface area (TPSA) is 160 Å². The zero-order valence-corrected chi connectivity index (χ0v) is 20.1. The van der Waals surface area contributed by atoms with Gasteiger partial charge in [-0.1, -0.05) is 42.1 Å². The van der Waals surface area contributed by atoms with Gasteiger partial charge in [0.05, 0.1) is 18.0 Å². The highest BCUT2D eigenvalue weighted by atomic mass is 32.2. The van der Waals surface area contributed by atoms with E-state index < -0.39 is 42.3 Å². The van der Waals surface area contributed by atoms with Gasteiger partial charge in [0, 0.05) is 27.5 Å². The van der Waals surface area contributed by atoms with Gasteiger partial charge in [-0.3, -0.25) is 4.79 Å². The largest absolute Gasteiger partial charge is 0.507 e. The number of nitrogens with one attached hydrogen (secondary N) is 1. The van der Waals surface area contributed by atoms with Crippen molar-refractivity contribution in [2.75, 3.05) is 6.61 Å². The smallest absolute Gasteiger partial charge is 0.244 e. The fourth-order valence-electron chi connectivity index (χ4n) is 4.17. The van der Waals surface area contributed by atoms with Gasteiger partial charge >= 0.3 is 0 Å². The van der Waals surface area contributed by atoms with Crippen LogP contribution >= 0.6 is 11.8 Å². The summed E-state index contributed by atoms with van der Waals surface area (Å²) in [6.45, 7) is 1.05. The highest BCUT2D eigenvalue weighted by Gasteiger charge is 2.45. The zero-order valence-electron chi connectivity index (χ0n) is 19.3. The molecule has 7 N–H and O–H groups in total. The van der Waals surface area contributed by atoms with E-state index in [1.807, 2.05) is 30.3 Å². The van der Waals surface area contributed by atoms with Crippen LogP contribution in [0.25, 0.3) is 16.8 Å². The van der Waals surface area contributed by atoms with Gasteiger partial charge in [0.2, 0.25) is 5.91 Å². The van der Waals surface area contributed by atoms with E-state index in [1.54, 1.807) is 13.0 Å². The zero-order chi connectivity index (χ0) is 26.0. The molecule has 1 aliphatic rings. The second-order valence-corrected chi connectivity index (χ2v) is 9.61. The minimum Gasteiger partial charge on any atom is -0.507 e. The SMILES string of the molecule is Cc1c(/C=C/C(=O)N[C@@H]2[C@@H](O)[C@H](O)[C@@H](CO)O[C@@H]2Sc2ccccc2)c(O)c2c(O)cccc2c1O. The minimum absolute atomic E-state index is 0.0502. The number of aliphatic hydroxyl groups is 3. The monoisotopic (exact) mass is 513 g/mol. The number of benzene rings is 3. The Bertz CT molecular complexity index is 1280. The highest BCUT2D eigenvalue weighted by Crippen LogP contribution is 2.43. The molecule has 9 nitrogen and oxygen atoms in total. The normalized spacial score (nSPS) is 24.3. The molecular weight excluding hydrogens is 486 g/mol. The van der Waals surface area contributed by atoms with E-state index in [0.717, 1.165) is 11.0 Å². The fraction of sp³-hybridized carbons (Fsp3) is 0.269. The van der Waals surface area contributed by atoms with Crippen molar-refractivity contribution < 1.29 is 40.2 Å². The van der Waals surface area contributed by atoms with Gasteiger partial charge < -0.3 is 40.7 Å². The Balaban J connectivity index is 1.60. The molecule has 5 atom stereocenters. The van der Waals surface area contributed by atoms with Crippen LogP contribution in [0.15, 0.2) is 59.5 Å². The van der Waals surface area contributed by atoms with Gasteiger partial charge in [-0.2, -0.15) is 0 Å². The number of fused-ring (bicyclic) bond motifs is 1. The molecule has 1 amide bonds. The van der Waals surface area contributed by atoms with Gasteiger partial charge in [-0.25, -0.2) is 0 Å². The summed E-state index contributed by atoms with van der Waals surface area (Å²) < 4.78 is 5.78. The number of thioether (sulfide) groups is 1. The molecule has 1 aliphatic heterocycles. The Kier molecular flexibility index (Phi) is 7.72. The average molecular weight is 514 g/mol. The predicted octanol–water partition coefficient (Wildman–Crippen LogP) is 1.99. The lowest BCUT2D eigenvalue weighted by molar-refractivity contribution is -0.173. The summed E-state index contributed by atoms with van der Waals surface area (Å²) in [4.78, 5) is 13.6. The van der Waals surface area contributed by atoms with Gasteiger partial charge in [-0.15, -0.1) is 0 Å². The van der Waals surface area contributed by atoms with E-state index in [-0.39, 0.29) is 33.6 Å². The lowest BCUT2D eigenvalue weighted by Gasteiger charge is -2.42. The van der Waals surface area contributed by atoms with E-state index in [4.69, 9.17) is 4.74 Å². The third-order valence-corrected chi connectivity index (χ3v) is 7.32. The van der Waals surface area contributed by atoms with Crippen LogP contribution < -0.4 is 5.32 Å². The molecule has 4 rings (SSSR count). The number of hydrogen-bond donors (Lipinski definition) is 7. The van der Waals surface area contributed by atoms with Crippen LogP contribution in [0, 0.1) is 6.92 Å². The van der Waals surface area contributed by atoms with Crippen molar-refractivity contribution in [2.24, 2.45) is 0 Å². The maximum absolute atomic E-state index is 12.8. The molecule has 3 aromatic rings. The number of carbonyl (C=O) groups is 1. The summed E-state index contributed by atoms with van der Waals surface area (Å²) in [5, 5.41) is 65.0. The fourth-order valence-corrected chi connectivity index (χ4v) is 5.33.